The molecule has 36 heavy (non-hydrogen) atoms. The summed E-state index contributed by atoms with van der Waals surface area (Å²) in [5.74, 6) is 1.58. The van der Waals surface area contributed by atoms with E-state index in [1.165, 1.54) is 13.5 Å². The maximum Gasteiger partial charge on any atom is 0.309 e. The highest BCUT2D eigenvalue weighted by molar-refractivity contribution is 5.75. The minimum Gasteiger partial charge on any atom is -0.481 e. The van der Waals surface area contributed by atoms with E-state index in [1.807, 2.05) is 13.8 Å². The first-order valence-corrected chi connectivity index (χ1v) is 14.6. The van der Waals surface area contributed by atoms with Crippen LogP contribution in [0.1, 0.15) is 106 Å². The van der Waals surface area contributed by atoms with Crippen molar-refractivity contribution in [3.05, 3.63) is 0 Å². The third-order valence-corrected chi connectivity index (χ3v) is 13.3. The van der Waals surface area contributed by atoms with E-state index in [1.54, 1.807) is 0 Å². The highest BCUT2D eigenvalue weighted by atomic mass is 16.5. The molecule has 4 aliphatic carbocycles. The van der Waals surface area contributed by atoms with Gasteiger partial charge >= 0.3 is 11.9 Å². The normalized spacial score (nSPS) is 46.6. The van der Waals surface area contributed by atoms with Crippen molar-refractivity contribution in [3.63, 3.8) is 0 Å². The number of carboxylic acid groups (broad SMARTS) is 1. The number of rotatable bonds is 6. The van der Waals surface area contributed by atoms with E-state index in [4.69, 9.17) is 4.74 Å². The van der Waals surface area contributed by atoms with Crippen LogP contribution in [0.2, 0.25) is 0 Å². The molecule has 0 aromatic rings. The highest BCUT2D eigenvalue weighted by Crippen LogP contribution is 2.76. The summed E-state index contributed by atoms with van der Waals surface area (Å²) >= 11 is 0. The Bertz CT molecular complexity index is 880. The van der Waals surface area contributed by atoms with Crippen molar-refractivity contribution in [1.82, 2.24) is 0 Å². The number of hydrogen-bond acceptors (Lipinski definition) is 4. The van der Waals surface area contributed by atoms with Gasteiger partial charge in [-0.15, -0.1) is 0 Å². The van der Waals surface area contributed by atoms with E-state index < -0.39 is 16.8 Å². The number of esters is 1. The molecule has 4 unspecified atom stereocenters. The number of carbonyl (C=O) groups excluding carboxylic acids is 1. The summed E-state index contributed by atoms with van der Waals surface area (Å²) in [4.78, 5) is 25.3. The molecule has 2 N–H and O–H groups in total. The summed E-state index contributed by atoms with van der Waals surface area (Å²) in [5, 5.41) is 20.9. The zero-order chi connectivity index (χ0) is 26.9. The number of aliphatic hydroxyl groups excluding tert-OH is 1. The molecule has 5 heteroatoms. The second-order valence-corrected chi connectivity index (χ2v) is 14.9. The van der Waals surface area contributed by atoms with Crippen LogP contribution in [0.5, 0.6) is 0 Å². The first-order valence-electron chi connectivity index (χ1n) is 14.6. The van der Waals surface area contributed by atoms with Crippen molar-refractivity contribution >= 4 is 11.9 Å². The second-order valence-electron chi connectivity index (χ2n) is 14.9. The van der Waals surface area contributed by atoms with Crippen LogP contribution in [0.3, 0.4) is 0 Å². The Hall–Kier alpha value is -1.10. The molecule has 9 atom stereocenters. The summed E-state index contributed by atoms with van der Waals surface area (Å²) < 4.78 is 5.19. The van der Waals surface area contributed by atoms with Crippen molar-refractivity contribution in [2.24, 2.45) is 62.6 Å². The van der Waals surface area contributed by atoms with Gasteiger partial charge in [-0.3, -0.25) is 9.59 Å². The Morgan fingerprint density at radius 2 is 1.64 bits per heavy atom. The Morgan fingerprint density at radius 3 is 2.19 bits per heavy atom. The number of carbonyl (C=O) groups is 2. The lowest BCUT2D eigenvalue weighted by atomic mass is 9.33. The van der Waals surface area contributed by atoms with Gasteiger partial charge in [0.05, 0.1) is 18.9 Å². The molecule has 0 aromatic carbocycles. The molecule has 0 spiro atoms. The summed E-state index contributed by atoms with van der Waals surface area (Å²) in [6, 6.07) is 0. The Morgan fingerprint density at radius 1 is 0.972 bits per heavy atom. The molecular weight excluding hydrogens is 452 g/mol. The smallest absolute Gasteiger partial charge is 0.309 e. The van der Waals surface area contributed by atoms with Crippen LogP contribution in [0.15, 0.2) is 0 Å². The highest BCUT2D eigenvalue weighted by Gasteiger charge is 2.70. The summed E-state index contributed by atoms with van der Waals surface area (Å²) in [6.07, 6.45) is 8.84. The number of hydrogen-bond donors (Lipinski definition) is 2. The van der Waals surface area contributed by atoms with Crippen molar-refractivity contribution in [2.45, 2.75) is 106 Å². The number of ether oxygens (including phenoxy) is 1. The molecule has 0 aromatic heterocycles. The van der Waals surface area contributed by atoms with E-state index in [-0.39, 0.29) is 40.5 Å². The average molecular weight is 505 g/mol. The van der Waals surface area contributed by atoms with Crippen LogP contribution < -0.4 is 0 Å². The van der Waals surface area contributed by atoms with E-state index in [9.17, 15) is 19.8 Å². The average Bonchev–Trinajstić information content (AvgIpc) is 3.19. The van der Waals surface area contributed by atoms with Crippen LogP contribution in [0, 0.1) is 62.6 Å². The topological polar surface area (TPSA) is 83.8 Å². The summed E-state index contributed by atoms with van der Waals surface area (Å²) in [6.45, 7) is 16.0. The van der Waals surface area contributed by atoms with Crippen molar-refractivity contribution in [1.29, 1.82) is 0 Å². The minimum absolute atomic E-state index is 0.0233. The van der Waals surface area contributed by atoms with Gasteiger partial charge in [0.25, 0.3) is 0 Å². The Balaban J connectivity index is 1.79. The first-order chi connectivity index (χ1) is 16.6. The van der Waals surface area contributed by atoms with Gasteiger partial charge in [-0.2, -0.15) is 0 Å². The van der Waals surface area contributed by atoms with Gasteiger partial charge in [-0.25, -0.2) is 0 Å². The third-order valence-electron chi connectivity index (χ3n) is 13.3. The maximum atomic E-state index is 12.8. The Labute approximate surface area is 219 Å². The van der Waals surface area contributed by atoms with Crippen LogP contribution in [-0.2, 0) is 14.3 Å². The number of aliphatic hydroxyl groups is 1. The lowest BCUT2D eigenvalue weighted by Crippen LogP contribution is -2.65. The molecular formula is C31H52O5. The fourth-order valence-electron chi connectivity index (χ4n) is 11.1. The maximum absolute atomic E-state index is 12.8. The van der Waals surface area contributed by atoms with E-state index in [0.29, 0.717) is 30.3 Å². The largest absolute Gasteiger partial charge is 0.481 e. The van der Waals surface area contributed by atoms with Crippen LogP contribution in [0.25, 0.3) is 0 Å². The third kappa shape index (κ3) is 3.64. The lowest BCUT2D eigenvalue weighted by Gasteiger charge is -2.71. The molecule has 4 fully saturated rings. The van der Waals surface area contributed by atoms with Crippen LogP contribution in [-0.4, -0.2) is 35.9 Å². The van der Waals surface area contributed by atoms with Gasteiger partial charge in [0.15, 0.2) is 0 Å². The molecule has 5 nitrogen and oxygen atoms in total. The van der Waals surface area contributed by atoms with Gasteiger partial charge in [0, 0.05) is 6.61 Å². The molecule has 4 rings (SSSR count). The molecule has 0 aliphatic heterocycles. The fraction of sp³-hybridized carbons (Fsp3) is 0.935. The predicted octanol–water partition coefficient (Wildman–Crippen LogP) is 6.57. The molecule has 4 aliphatic rings. The molecule has 0 saturated heterocycles. The van der Waals surface area contributed by atoms with Gasteiger partial charge in [-0.1, -0.05) is 34.6 Å². The van der Waals surface area contributed by atoms with Gasteiger partial charge < -0.3 is 14.9 Å². The van der Waals surface area contributed by atoms with E-state index in [2.05, 4.69) is 34.6 Å². The predicted molar refractivity (Wildman–Crippen MR) is 141 cm³/mol. The zero-order valence-corrected chi connectivity index (χ0v) is 24.2. The van der Waals surface area contributed by atoms with E-state index in [0.717, 1.165) is 44.9 Å². The molecule has 0 amide bonds. The van der Waals surface area contributed by atoms with Crippen molar-refractivity contribution in [3.8, 4) is 0 Å². The Kier molecular flexibility index (Phi) is 6.97. The molecule has 0 radical (unpaired) electrons. The quantitative estimate of drug-likeness (QED) is 0.400. The first kappa shape index (κ1) is 27.9. The number of methoxy groups -OCH3 is 1. The molecule has 206 valence electrons. The SMILES string of the molecule is COC(=O)C[C@@]1(C)C(C(C)(C)C(=O)O)CC[C@]2(C)[C@@H]1CCC1C3C(C(C)C)CC[C@]3(CO)CC[C@]12C. The summed E-state index contributed by atoms with van der Waals surface area (Å²) in [5.41, 5.74) is -1.13. The number of fused-ring (bicyclic) bond motifs is 5. The van der Waals surface area contributed by atoms with Crippen molar-refractivity contribution in [2.75, 3.05) is 13.7 Å². The van der Waals surface area contributed by atoms with Crippen LogP contribution in [0.4, 0.5) is 0 Å². The van der Waals surface area contributed by atoms with Gasteiger partial charge in [0.1, 0.15) is 0 Å². The molecule has 0 heterocycles. The van der Waals surface area contributed by atoms with Crippen LogP contribution >= 0.6 is 0 Å². The van der Waals surface area contributed by atoms with Crippen molar-refractivity contribution < 1.29 is 24.5 Å². The fourth-order valence-corrected chi connectivity index (χ4v) is 11.1. The number of aliphatic carboxylic acids is 1. The monoisotopic (exact) mass is 504 g/mol. The van der Waals surface area contributed by atoms with Gasteiger partial charge in [0.2, 0.25) is 0 Å². The van der Waals surface area contributed by atoms with Gasteiger partial charge in [-0.05, 0) is 122 Å². The zero-order valence-electron chi connectivity index (χ0n) is 24.2. The van der Waals surface area contributed by atoms with E-state index >= 15 is 0 Å². The summed E-state index contributed by atoms with van der Waals surface area (Å²) in [7, 11) is 1.45. The second kappa shape index (κ2) is 8.99. The standard InChI is InChI=1S/C31H52O5/c1-19(2)20-11-14-31(18-32)16-15-29(6)21(25(20)31)9-10-23-28(5,17-24(33)36-8)22(12-13-30(23,29)7)27(3,4)26(34)35/h19-23,25,32H,9-18H2,1-8H3,(H,34,35)/t20?,21?,22?,23-,25?,28+,29-,30-,31-/m1/s1. The lowest BCUT2D eigenvalue weighted by molar-refractivity contribution is -0.236. The minimum atomic E-state index is -0.908. The number of carboxylic acids is 1. The molecule has 4 saturated carbocycles. The molecule has 0 bridgehead atoms.